The van der Waals surface area contributed by atoms with Crippen molar-refractivity contribution in [2.45, 2.75) is 26.8 Å². The van der Waals surface area contributed by atoms with E-state index in [0.29, 0.717) is 0 Å². The molecule has 0 aromatic carbocycles. The lowest BCUT2D eigenvalue weighted by atomic mass is 10.4. The number of nitrogens with one attached hydrogen (secondary N) is 1. The van der Waals surface area contributed by atoms with Crippen molar-refractivity contribution in [2.75, 3.05) is 26.3 Å². The lowest BCUT2D eigenvalue weighted by molar-refractivity contribution is 0.145. The zero-order valence-corrected chi connectivity index (χ0v) is 9.70. The number of hydrogen-bond acceptors (Lipinski definition) is 3. The summed E-state index contributed by atoms with van der Waals surface area (Å²) in [6.45, 7) is 8.71. The molecule has 0 atom stereocenters. The van der Waals surface area contributed by atoms with Crippen LogP contribution in [0, 0.1) is 6.92 Å². The summed E-state index contributed by atoms with van der Waals surface area (Å²) in [6.07, 6.45) is 4.93. The number of nitrogens with zero attached hydrogens (tertiary/aromatic N) is 2. The van der Waals surface area contributed by atoms with Crippen molar-refractivity contribution in [1.82, 2.24) is 14.9 Å². The topological polar surface area (TPSA) is 39.1 Å². The number of aromatic nitrogens is 2. The molecule has 0 aliphatic rings. The van der Waals surface area contributed by atoms with Gasteiger partial charge in [0.25, 0.3) is 0 Å². The number of rotatable bonds is 8. The van der Waals surface area contributed by atoms with Gasteiger partial charge in [0.15, 0.2) is 0 Å². The zero-order chi connectivity index (χ0) is 10.9. The number of imidazole rings is 1. The molecule has 0 bridgehead atoms. The molecule has 0 saturated carbocycles. The minimum Gasteiger partial charge on any atom is -0.382 e. The Hall–Kier alpha value is -0.870. The highest BCUT2D eigenvalue weighted by molar-refractivity contribution is 4.88. The Kier molecular flexibility index (Phi) is 6.04. The molecule has 0 aliphatic heterocycles. The second-order valence-electron chi connectivity index (χ2n) is 3.47. The van der Waals surface area contributed by atoms with Gasteiger partial charge in [0.05, 0.1) is 0 Å². The molecule has 0 fully saturated rings. The molecule has 0 spiro atoms. The van der Waals surface area contributed by atoms with Gasteiger partial charge in [-0.2, -0.15) is 0 Å². The molecule has 15 heavy (non-hydrogen) atoms. The van der Waals surface area contributed by atoms with Crippen LogP contribution in [0.15, 0.2) is 12.4 Å². The number of aryl methyl sites for hydroxylation is 1. The molecular weight excluding hydrogens is 190 g/mol. The van der Waals surface area contributed by atoms with E-state index in [4.69, 9.17) is 4.74 Å². The van der Waals surface area contributed by atoms with Crippen LogP contribution in [0.25, 0.3) is 0 Å². The Morgan fingerprint density at radius 3 is 3.00 bits per heavy atom. The van der Waals surface area contributed by atoms with Crippen molar-refractivity contribution in [3.63, 3.8) is 0 Å². The molecule has 0 aliphatic carbocycles. The van der Waals surface area contributed by atoms with Gasteiger partial charge < -0.3 is 14.6 Å². The standard InChI is InChI=1S/C11H21N3O/c1-3-15-10-4-5-12-6-8-14-9-7-13-11(14)2/h7,9,12H,3-6,8,10H2,1-2H3. The summed E-state index contributed by atoms with van der Waals surface area (Å²) in [5.74, 6) is 1.08. The van der Waals surface area contributed by atoms with Crippen LogP contribution in [0.3, 0.4) is 0 Å². The zero-order valence-electron chi connectivity index (χ0n) is 9.70. The molecule has 0 saturated heterocycles. The summed E-state index contributed by atoms with van der Waals surface area (Å²) in [5, 5.41) is 3.38. The average Bonchev–Trinajstić information content (AvgIpc) is 2.63. The van der Waals surface area contributed by atoms with Crippen LogP contribution < -0.4 is 5.32 Å². The molecule has 1 N–H and O–H groups in total. The summed E-state index contributed by atoms with van der Waals surface area (Å²) < 4.78 is 7.40. The molecule has 1 heterocycles. The third-order valence-electron chi connectivity index (χ3n) is 2.30. The van der Waals surface area contributed by atoms with Gasteiger partial charge in [-0.15, -0.1) is 0 Å². The fourth-order valence-electron chi connectivity index (χ4n) is 1.41. The minimum atomic E-state index is 0.814. The third-order valence-corrected chi connectivity index (χ3v) is 2.30. The first-order valence-electron chi connectivity index (χ1n) is 5.60. The Bertz CT molecular complexity index is 260. The normalized spacial score (nSPS) is 10.8. The smallest absolute Gasteiger partial charge is 0.105 e. The van der Waals surface area contributed by atoms with Gasteiger partial charge in [-0.25, -0.2) is 4.98 Å². The van der Waals surface area contributed by atoms with E-state index in [9.17, 15) is 0 Å². The van der Waals surface area contributed by atoms with E-state index in [1.807, 2.05) is 26.2 Å². The van der Waals surface area contributed by atoms with Crippen molar-refractivity contribution >= 4 is 0 Å². The van der Waals surface area contributed by atoms with E-state index in [2.05, 4.69) is 14.9 Å². The molecule has 1 rings (SSSR count). The Morgan fingerprint density at radius 2 is 2.33 bits per heavy atom. The van der Waals surface area contributed by atoms with Gasteiger partial charge in [-0.1, -0.05) is 0 Å². The molecule has 4 nitrogen and oxygen atoms in total. The van der Waals surface area contributed by atoms with E-state index in [-0.39, 0.29) is 0 Å². The van der Waals surface area contributed by atoms with Crippen molar-refractivity contribution in [2.24, 2.45) is 0 Å². The highest BCUT2D eigenvalue weighted by Crippen LogP contribution is 1.93. The van der Waals surface area contributed by atoms with Crippen LogP contribution in [0.1, 0.15) is 19.2 Å². The molecule has 4 heteroatoms. The van der Waals surface area contributed by atoms with Crippen LogP contribution in [0.5, 0.6) is 0 Å². The lowest BCUT2D eigenvalue weighted by Crippen LogP contribution is -2.22. The first-order chi connectivity index (χ1) is 7.34. The SMILES string of the molecule is CCOCCCNCCn1ccnc1C. The van der Waals surface area contributed by atoms with Gasteiger partial charge in [0.1, 0.15) is 5.82 Å². The Morgan fingerprint density at radius 1 is 1.47 bits per heavy atom. The molecule has 86 valence electrons. The van der Waals surface area contributed by atoms with Crippen LogP contribution in [-0.2, 0) is 11.3 Å². The maximum Gasteiger partial charge on any atom is 0.105 e. The predicted molar refractivity (Wildman–Crippen MR) is 60.9 cm³/mol. The summed E-state index contributed by atoms with van der Waals surface area (Å²) in [7, 11) is 0. The quantitative estimate of drug-likeness (QED) is 0.657. The highest BCUT2D eigenvalue weighted by atomic mass is 16.5. The predicted octanol–water partition coefficient (Wildman–Crippen LogP) is 1.21. The Balaban J connectivity index is 1.96. The average molecular weight is 211 g/mol. The monoisotopic (exact) mass is 211 g/mol. The lowest BCUT2D eigenvalue weighted by Gasteiger charge is -2.06. The minimum absolute atomic E-state index is 0.814. The largest absolute Gasteiger partial charge is 0.382 e. The summed E-state index contributed by atoms with van der Waals surface area (Å²) in [6, 6.07) is 0. The molecule has 0 radical (unpaired) electrons. The maximum absolute atomic E-state index is 5.25. The first-order valence-corrected chi connectivity index (χ1v) is 5.60. The van der Waals surface area contributed by atoms with Gasteiger partial charge in [0.2, 0.25) is 0 Å². The Labute approximate surface area is 91.7 Å². The van der Waals surface area contributed by atoms with E-state index >= 15 is 0 Å². The van der Waals surface area contributed by atoms with Crippen LogP contribution in [-0.4, -0.2) is 35.9 Å². The van der Waals surface area contributed by atoms with Crippen molar-refractivity contribution < 1.29 is 4.74 Å². The highest BCUT2D eigenvalue weighted by Gasteiger charge is 1.95. The van der Waals surface area contributed by atoms with Crippen LogP contribution in [0.2, 0.25) is 0 Å². The summed E-state index contributed by atoms with van der Waals surface area (Å²) >= 11 is 0. The number of hydrogen-bond donors (Lipinski definition) is 1. The van der Waals surface area contributed by atoms with Gasteiger partial charge in [-0.3, -0.25) is 0 Å². The van der Waals surface area contributed by atoms with Crippen molar-refractivity contribution in [1.29, 1.82) is 0 Å². The second kappa shape index (κ2) is 7.43. The molecular formula is C11H21N3O. The van der Waals surface area contributed by atoms with E-state index in [1.165, 1.54) is 0 Å². The van der Waals surface area contributed by atoms with Gasteiger partial charge in [-0.05, 0) is 26.8 Å². The van der Waals surface area contributed by atoms with Crippen molar-refractivity contribution in [3.05, 3.63) is 18.2 Å². The van der Waals surface area contributed by atoms with E-state index < -0.39 is 0 Å². The summed E-state index contributed by atoms with van der Waals surface area (Å²) in [5.41, 5.74) is 0. The fourth-order valence-corrected chi connectivity index (χ4v) is 1.41. The van der Waals surface area contributed by atoms with E-state index in [1.54, 1.807) is 0 Å². The van der Waals surface area contributed by atoms with E-state index in [0.717, 1.165) is 45.1 Å². The molecule has 1 aromatic heterocycles. The van der Waals surface area contributed by atoms with Gasteiger partial charge >= 0.3 is 0 Å². The van der Waals surface area contributed by atoms with Crippen LogP contribution in [0.4, 0.5) is 0 Å². The molecule has 0 amide bonds. The third kappa shape index (κ3) is 4.95. The second-order valence-corrected chi connectivity index (χ2v) is 3.47. The summed E-state index contributed by atoms with van der Waals surface area (Å²) in [4.78, 5) is 4.17. The maximum atomic E-state index is 5.25. The fraction of sp³-hybridized carbons (Fsp3) is 0.727. The molecule has 0 unspecified atom stereocenters. The number of ether oxygens (including phenoxy) is 1. The first kappa shape index (κ1) is 12.2. The molecule has 1 aromatic rings. The van der Waals surface area contributed by atoms with Crippen molar-refractivity contribution in [3.8, 4) is 0 Å². The van der Waals surface area contributed by atoms with Gasteiger partial charge in [0, 0.05) is 38.7 Å². The van der Waals surface area contributed by atoms with Crippen LogP contribution >= 0.6 is 0 Å².